The summed E-state index contributed by atoms with van der Waals surface area (Å²) in [6.07, 6.45) is -1.06. The van der Waals surface area contributed by atoms with E-state index in [0.29, 0.717) is 32.6 Å². The first-order chi connectivity index (χ1) is 18.8. The maximum atomic E-state index is 13.2. The molecule has 1 fully saturated rings. The number of alkyl halides is 3. The van der Waals surface area contributed by atoms with Crippen molar-refractivity contribution in [2.45, 2.75) is 25.6 Å². The Labute approximate surface area is 226 Å². The highest BCUT2D eigenvalue weighted by atomic mass is 19.4. The van der Waals surface area contributed by atoms with Crippen LogP contribution in [0.1, 0.15) is 23.1 Å². The van der Waals surface area contributed by atoms with Crippen LogP contribution in [0.4, 0.5) is 13.2 Å². The second-order valence-electron chi connectivity index (χ2n) is 10.2. The van der Waals surface area contributed by atoms with E-state index in [1.807, 2.05) is 54.7 Å². The predicted molar refractivity (Wildman–Crippen MR) is 145 cm³/mol. The number of piperidine rings is 1. The molecule has 0 bridgehead atoms. The molecule has 2 atom stereocenters. The van der Waals surface area contributed by atoms with Crippen molar-refractivity contribution in [3.63, 3.8) is 0 Å². The fourth-order valence-electron chi connectivity index (χ4n) is 5.34. The van der Waals surface area contributed by atoms with Gasteiger partial charge >= 0.3 is 6.18 Å². The van der Waals surface area contributed by atoms with E-state index in [9.17, 15) is 18.0 Å². The number of carbonyl (C=O) groups excluding carboxylic acids is 1. The molecule has 0 aliphatic carbocycles. The van der Waals surface area contributed by atoms with Crippen LogP contribution in [0.5, 0.6) is 5.75 Å². The topological polar surface area (TPSA) is 57.4 Å². The number of para-hydroxylation sites is 1. The predicted octanol–water partition coefficient (Wildman–Crippen LogP) is 6.06. The summed E-state index contributed by atoms with van der Waals surface area (Å²) in [6, 6.07) is 23.1. The van der Waals surface area contributed by atoms with E-state index in [1.165, 1.54) is 12.1 Å². The van der Waals surface area contributed by atoms with Crippen LogP contribution in [-0.4, -0.2) is 42.0 Å². The van der Waals surface area contributed by atoms with Crippen LogP contribution in [0.15, 0.2) is 85.1 Å². The minimum absolute atomic E-state index is 0.00127. The summed E-state index contributed by atoms with van der Waals surface area (Å²) in [5.41, 5.74) is 2.63. The number of rotatable bonds is 9. The first kappa shape index (κ1) is 26.8. The van der Waals surface area contributed by atoms with Gasteiger partial charge in [0.1, 0.15) is 5.75 Å². The lowest BCUT2D eigenvalue weighted by Crippen LogP contribution is -2.47. The third kappa shape index (κ3) is 7.00. The molecule has 0 radical (unpaired) electrons. The standard InChI is InChI=1S/C31H32F3N3O2/c32-31(33,34)26-9-6-10-27(16-26)39-21-23-15-24(30(38)35-14-13-22-7-2-1-3-8-22)19-37(18-23)20-25-17-36-29-12-5-4-11-28(25)29/h1-12,16-17,23-24,36H,13-15,18-21H2,(H,35,38)/t23-,24+/m0/s1. The van der Waals surface area contributed by atoms with Crippen molar-refractivity contribution in [3.8, 4) is 5.75 Å². The molecule has 1 amide bonds. The lowest BCUT2D eigenvalue weighted by molar-refractivity contribution is -0.137. The Morgan fingerprint density at radius 1 is 1.00 bits per heavy atom. The van der Waals surface area contributed by atoms with E-state index in [0.717, 1.165) is 40.6 Å². The number of fused-ring (bicyclic) bond motifs is 1. The van der Waals surface area contributed by atoms with Crippen molar-refractivity contribution in [1.29, 1.82) is 0 Å². The average Bonchev–Trinajstić information content (AvgIpc) is 3.34. The normalized spacial score (nSPS) is 18.2. The zero-order valence-electron chi connectivity index (χ0n) is 21.6. The fraction of sp³-hybridized carbons (Fsp3) is 0.323. The van der Waals surface area contributed by atoms with Crippen molar-refractivity contribution in [1.82, 2.24) is 15.2 Å². The lowest BCUT2D eigenvalue weighted by atomic mass is 9.88. The van der Waals surface area contributed by atoms with Crippen molar-refractivity contribution in [3.05, 3.63) is 102 Å². The van der Waals surface area contributed by atoms with Crippen LogP contribution < -0.4 is 10.1 Å². The number of H-pyrrole nitrogens is 1. The summed E-state index contributed by atoms with van der Waals surface area (Å²) < 4.78 is 45.3. The van der Waals surface area contributed by atoms with E-state index in [1.54, 1.807) is 0 Å². The first-order valence-corrected chi connectivity index (χ1v) is 13.2. The quantitative estimate of drug-likeness (QED) is 0.274. The average molecular weight is 536 g/mol. The van der Waals surface area contributed by atoms with Crippen molar-refractivity contribution < 1.29 is 22.7 Å². The second kappa shape index (κ2) is 11.9. The van der Waals surface area contributed by atoms with Crippen LogP contribution in [0, 0.1) is 11.8 Å². The van der Waals surface area contributed by atoms with Gasteiger partial charge in [-0.05, 0) is 48.2 Å². The number of hydrogen-bond acceptors (Lipinski definition) is 3. The highest BCUT2D eigenvalue weighted by Crippen LogP contribution is 2.32. The van der Waals surface area contributed by atoms with Crippen LogP contribution in [0.2, 0.25) is 0 Å². The molecule has 2 N–H and O–H groups in total. The van der Waals surface area contributed by atoms with Crippen LogP contribution >= 0.6 is 0 Å². The van der Waals surface area contributed by atoms with Gasteiger partial charge in [-0.1, -0.05) is 54.6 Å². The minimum atomic E-state index is -4.43. The molecule has 204 valence electrons. The molecule has 1 aromatic heterocycles. The molecule has 5 rings (SSSR count). The molecular weight excluding hydrogens is 503 g/mol. The monoisotopic (exact) mass is 535 g/mol. The van der Waals surface area contributed by atoms with Crippen molar-refractivity contribution in [2.75, 3.05) is 26.2 Å². The molecule has 1 aliphatic heterocycles. The Bertz CT molecular complexity index is 1390. The molecule has 2 heterocycles. The Balaban J connectivity index is 1.26. The zero-order chi connectivity index (χ0) is 27.2. The fourth-order valence-corrected chi connectivity index (χ4v) is 5.34. The number of hydrogen-bond donors (Lipinski definition) is 2. The van der Waals surface area contributed by atoms with Gasteiger partial charge in [0.05, 0.1) is 18.1 Å². The first-order valence-electron chi connectivity index (χ1n) is 13.2. The number of likely N-dealkylation sites (tertiary alicyclic amines) is 1. The third-order valence-electron chi connectivity index (χ3n) is 7.26. The van der Waals surface area contributed by atoms with Gasteiger partial charge in [0.2, 0.25) is 5.91 Å². The number of nitrogens with one attached hydrogen (secondary N) is 2. The molecular formula is C31H32F3N3O2. The zero-order valence-corrected chi connectivity index (χ0v) is 21.6. The van der Waals surface area contributed by atoms with E-state index >= 15 is 0 Å². The number of nitrogens with zero attached hydrogens (tertiary/aromatic N) is 1. The number of aromatic nitrogens is 1. The highest BCUT2D eigenvalue weighted by Gasteiger charge is 2.33. The summed E-state index contributed by atoms with van der Waals surface area (Å²) in [5, 5.41) is 4.23. The van der Waals surface area contributed by atoms with E-state index in [4.69, 9.17) is 4.74 Å². The summed E-state index contributed by atoms with van der Waals surface area (Å²) in [5.74, 6) is -0.0701. The van der Waals surface area contributed by atoms with Gasteiger partial charge in [-0.2, -0.15) is 13.2 Å². The van der Waals surface area contributed by atoms with E-state index in [-0.39, 0.29) is 30.1 Å². The molecule has 0 unspecified atom stereocenters. The van der Waals surface area contributed by atoms with E-state index < -0.39 is 11.7 Å². The molecule has 1 aliphatic rings. The van der Waals surface area contributed by atoms with Crippen LogP contribution in [0.3, 0.4) is 0 Å². The molecule has 39 heavy (non-hydrogen) atoms. The number of benzene rings is 3. The Morgan fingerprint density at radius 3 is 2.62 bits per heavy atom. The SMILES string of the molecule is O=C(NCCc1ccccc1)[C@@H]1C[C@H](COc2cccc(C(F)(F)F)c2)CN(Cc2c[nH]c3ccccc23)C1. The van der Waals surface area contributed by atoms with Gasteiger partial charge in [-0.15, -0.1) is 0 Å². The molecule has 8 heteroatoms. The minimum Gasteiger partial charge on any atom is -0.493 e. The Morgan fingerprint density at radius 2 is 1.79 bits per heavy atom. The maximum absolute atomic E-state index is 13.2. The van der Waals surface area contributed by atoms with Crippen LogP contribution in [-0.2, 0) is 23.9 Å². The molecule has 4 aromatic rings. The van der Waals surface area contributed by atoms with Gasteiger partial charge in [0.15, 0.2) is 0 Å². The van der Waals surface area contributed by atoms with Gasteiger partial charge < -0.3 is 15.0 Å². The molecule has 0 saturated carbocycles. The second-order valence-corrected chi connectivity index (χ2v) is 10.2. The number of halogens is 3. The number of aromatic amines is 1. The summed E-state index contributed by atoms with van der Waals surface area (Å²) in [6.45, 7) is 2.74. The van der Waals surface area contributed by atoms with Gasteiger partial charge in [-0.25, -0.2) is 0 Å². The number of carbonyl (C=O) groups is 1. The van der Waals surface area contributed by atoms with E-state index in [2.05, 4.69) is 21.3 Å². The number of ether oxygens (including phenoxy) is 1. The summed E-state index contributed by atoms with van der Waals surface area (Å²) in [4.78, 5) is 18.8. The van der Waals surface area contributed by atoms with Gasteiger partial charge in [-0.3, -0.25) is 9.69 Å². The van der Waals surface area contributed by atoms with Crippen molar-refractivity contribution >= 4 is 16.8 Å². The largest absolute Gasteiger partial charge is 0.493 e. The third-order valence-corrected chi connectivity index (χ3v) is 7.26. The molecule has 1 saturated heterocycles. The Kier molecular flexibility index (Phi) is 8.21. The van der Waals surface area contributed by atoms with Gasteiger partial charge in [0.25, 0.3) is 0 Å². The van der Waals surface area contributed by atoms with Gasteiger partial charge in [0, 0.05) is 49.2 Å². The van der Waals surface area contributed by atoms with Crippen molar-refractivity contribution in [2.24, 2.45) is 11.8 Å². The summed E-state index contributed by atoms with van der Waals surface area (Å²) in [7, 11) is 0. The van der Waals surface area contributed by atoms with Crippen LogP contribution in [0.25, 0.3) is 10.9 Å². The molecule has 5 nitrogen and oxygen atoms in total. The number of amides is 1. The smallest absolute Gasteiger partial charge is 0.416 e. The Hall–Kier alpha value is -3.78. The molecule has 3 aromatic carbocycles. The molecule has 0 spiro atoms. The summed E-state index contributed by atoms with van der Waals surface area (Å²) >= 11 is 0. The highest BCUT2D eigenvalue weighted by molar-refractivity contribution is 5.83. The lowest BCUT2D eigenvalue weighted by Gasteiger charge is -2.37. The maximum Gasteiger partial charge on any atom is 0.416 e.